The monoisotopic (exact) mass is 466 g/mol. The Kier molecular flexibility index (Phi) is 6.75. The van der Waals surface area contributed by atoms with Gasteiger partial charge < -0.3 is 15.5 Å². The molecule has 0 aromatic heterocycles. The zero-order chi connectivity index (χ0) is 22.8. The van der Waals surface area contributed by atoms with E-state index in [9.17, 15) is 4.79 Å². The molecule has 2 fully saturated rings. The number of piperidine rings is 1. The van der Waals surface area contributed by atoms with E-state index in [0.717, 1.165) is 69.0 Å². The number of rotatable bonds is 5. The summed E-state index contributed by atoms with van der Waals surface area (Å²) in [7, 11) is 2.26. The van der Waals surface area contributed by atoms with Crippen LogP contribution in [0.5, 0.6) is 0 Å². The number of nitrogens with one attached hydrogen (secondary N) is 2. The lowest BCUT2D eigenvalue weighted by Gasteiger charge is -2.51. The fourth-order valence-corrected chi connectivity index (χ4v) is 6.15. The van der Waals surface area contributed by atoms with Crippen LogP contribution in [0, 0.1) is 0 Å². The highest BCUT2D eigenvalue weighted by molar-refractivity contribution is 6.30. The van der Waals surface area contributed by atoms with Crippen molar-refractivity contribution in [2.45, 2.75) is 49.7 Å². The fraction of sp³-hybridized carbons (Fsp3) is 0.519. The van der Waals surface area contributed by atoms with Crippen LogP contribution in [0.4, 0.5) is 0 Å². The van der Waals surface area contributed by atoms with E-state index < -0.39 is 0 Å². The Morgan fingerprint density at radius 1 is 1.15 bits per heavy atom. The number of fused-ring (bicyclic) bond motifs is 2. The number of benzene rings is 2. The van der Waals surface area contributed by atoms with Gasteiger partial charge in [-0.2, -0.15) is 0 Å². The van der Waals surface area contributed by atoms with Gasteiger partial charge in [0, 0.05) is 42.8 Å². The predicted molar refractivity (Wildman–Crippen MR) is 134 cm³/mol. The third-order valence-corrected chi connectivity index (χ3v) is 8.27. The van der Waals surface area contributed by atoms with Crippen molar-refractivity contribution in [1.82, 2.24) is 20.4 Å². The van der Waals surface area contributed by atoms with Crippen LogP contribution < -0.4 is 10.6 Å². The lowest BCUT2D eigenvalue weighted by Crippen LogP contribution is -2.58. The number of likely N-dealkylation sites (N-methyl/N-ethyl adjacent to an activating group) is 1. The van der Waals surface area contributed by atoms with Crippen LogP contribution in [0.15, 0.2) is 48.5 Å². The molecule has 1 spiro atoms. The van der Waals surface area contributed by atoms with Crippen molar-refractivity contribution in [3.8, 4) is 0 Å². The van der Waals surface area contributed by atoms with Crippen molar-refractivity contribution >= 4 is 17.5 Å². The van der Waals surface area contributed by atoms with Gasteiger partial charge in [0.15, 0.2) is 0 Å². The number of amides is 1. The summed E-state index contributed by atoms with van der Waals surface area (Å²) in [5, 5.41) is 7.81. The summed E-state index contributed by atoms with van der Waals surface area (Å²) in [6.07, 6.45) is 4.85. The third-order valence-electron chi connectivity index (χ3n) is 8.02. The van der Waals surface area contributed by atoms with Gasteiger partial charge >= 0.3 is 0 Å². The van der Waals surface area contributed by atoms with E-state index in [-0.39, 0.29) is 17.5 Å². The number of nitrogens with zero attached hydrogens (tertiary/aromatic N) is 2. The van der Waals surface area contributed by atoms with Crippen molar-refractivity contribution in [2.24, 2.45) is 0 Å². The maximum Gasteiger partial charge on any atom is 0.240 e. The first-order valence-corrected chi connectivity index (χ1v) is 12.7. The van der Waals surface area contributed by atoms with Gasteiger partial charge in [-0.1, -0.05) is 48.0 Å². The summed E-state index contributed by atoms with van der Waals surface area (Å²) < 4.78 is 0. The third kappa shape index (κ3) is 4.69. The van der Waals surface area contributed by atoms with E-state index in [2.05, 4.69) is 51.7 Å². The molecule has 33 heavy (non-hydrogen) atoms. The molecule has 5 nitrogen and oxygen atoms in total. The van der Waals surface area contributed by atoms with Gasteiger partial charge in [-0.05, 0) is 74.5 Å². The first-order chi connectivity index (χ1) is 16.0. The lowest BCUT2D eigenvalue weighted by molar-refractivity contribution is -0.136. The lowest BCUT2D eigenvalue weighted by atomic mass is 9.74. The standard InChI is InChI=1S/C27H35ClN4O/c1-31-15-11-21-4-2-3-5-24(21)27(31)12-16-32(17-13-27)26(33)25(30-23-10-14-29-19-23)18-20-6-8-22(28)9-7-20/h2-9,23,25,29-30H,10-19H2,1H3/t23?,25-/m1/s1. The topological polar surface area (TPSA) is 47.6 Å². The Hall–Kier alpha value is -1.92. The van der Waals surface area contributed by atoms with Crippen LogP contribution in [0.25, 0.3) is 0 Å². The molecule has 0 bridgehead atoms. The first kappa shape index (κ1) is 22.9. The number of carbonyl (C=O) groups excluding carboxylic acids is 1. The normalized spacial score (nSPS) is 23.5. The molecule has 1 unspecified atom stereocenters. The van der Waals surface area contributed by atoms with Crippen molar-refractivity contribution in [3.63, 3.8) is 0 Å². The zero-order valence-corrected chi connectivity index (χ0v) is 20.3. The van der Waals surface area contributed by atoms with Gasteiger partial charge in [0.25, 0.3) is 0 Å². The van der Waals surface area contributed by atoms with E-state index in [0.29, 0.717) is 12.5 Å². The molecule has 3 heterocycles. The van der Waals surface area contributed by atoms with E-state index in [1.54, 1.807) is 0 Å². The Balaban J connectivity index is 1.31. The Morgan fingerprint density at radius 2 is 1.91 bits per heavy atom. The molecule has 3 aliphatic heterocycles. The molecule has 2 aromatic carbocycles. The minimum absolute atomic E-state index is 0.0557. The summed E-state index contributed by atoms with van der Waals surface area (Å²) in [4.78, 5) is 18.4. The molecule has 2 saturated heterocycles. The summed E-state index contributed by atoms with van der Waals surface area (Å²) in [5.41, 5.74) is 4.15. The van der Waals surface area contributed by atoms with Crippen molar-refractivity contribution in [2.75, 3.05) is 39.8 Å². The van der Waals surface area contributed by atoms with E-state index >= 15 is 0 Å². The van der Waals surface area contributed by atoms with Gasteiger partial charge in [0.2, 0.25) is 5.91 Å². The van der Waals surface area contributed by atoms with Crippen LogP contribution in [-0.4, -0.2) is 67.6 Å². The van der Waals surface area contributed by atoms with E-state index in [1.807, 2.05) is 24.3 Å². The number of halogens is 1. The fourth-order valence-electron chi connectivity index (χ4n) is 6.02. The molecule has 0 saturated carbocycles. The van der Waals surface area contributed by atoms with E-state index in [1.165, 1.54) is 11.1 Å². The van der Waals surface area contributed by atoms with Gasteiger partial charge in [-0.3, -0.25) is 9.69 Å². The van der Waals surface area contributed by atoms with Crippen molar-refractivity contribution in [1.29, 1.82) is 0 Å². The van der Waals surface area contributed by atoms with Crippen molar-refractivity contribution < 1.29 is 4.79 Å². The van der Waals surface area contributed by atoms with Gasteiger partial charge in [0.1, 0.15) is 0 Å². The SMILES string of the molecule is CN1CCc2ccccc2C12CCN(C(=O)[C@@H](Cc1ccc(Cl)cc1)NC1CCNC1)CC2. The summed E-state index contributed by atoms with van der Waals surface area (Å²) in [6.45, 7) is 4.63. The molecular weight excluding hydrogens is 432 g/mol. The highest BCUT2D eigenvalue weighted by atomic mass is 35.5. The number of hydrogen-bond acceptors (Lipinski definition) is 4. The predicted octanol–water partition coefficient (Wildman–Crippen LogP) is 3.21. The van der Waals surface area contributed by atoms with Crippen molar-refractivity contribution in [3.05, 3.63) is 70.2 Å². The Labute approximate surface area is 202 Å². The summed E-state index contributed by atoms with van der Waals surface area (Å²) in [6, 6.07) is 16.9. The van der Waals surface area contributed by atoms with Crippen LogP contribution in [0.2, 0.25) is 5.02 Å². The second-order valence-corrected chi connectivity index (χ2v) is 10.4. The molecule has 176 valence electrons. The Morgan fingerprint density at radius 3 is 2.64 bits per heavy atom. The smallest absolute Gasteiger partial charge is 0.240 e. The highest BCUT2D eigenvalue weighted by Gasteiger charge is 2.44. The molecule has 2 atom stereocenters. The molecule has 2 N–H and O–H groups in total. The van der Waals surface area contributed by atoms with Gasteiger partial charge in [0.05, 0.1) is 6.04 Å². The maximum absolute atomic E-state index is 13.8. The van der Waals surface area contributed by atoms with Crippen LogP contribution >= 0.6 is 11.6 Å². The van der Waals surface area contributed by atoms with Gasteiger partial charge in [-0.15, -0.1) is 0 Å². The largest absolute Gasteiger partial charge is 0.341 e. The number of hydrogen-bond donors (Lipinski definition) is 2. The molecule has 6 heteroatoms. The number of carbonyl (C=O) groups is 1. The zero-order valence-electron chi connectivity index (χ0n) is 19.5. The second-order valence-electron chi connectivity index (χ2n) is 9.93. The minimum atomic E-state index is -0.207. The molecule has 5 rings (SSSR count). The minimum Gasteiger partial charge on any atom is -0.341 e. The highest BCUT2D eigenvalue weighted by Crippen LogP contribution is 2.42. The molecule has 2 aromatic rings. The van der Waals surface area contributed by atoms with Crippen LogP contribution in [-0.2, 0) is 23.2 Å². The number of likely N-dealkylation sites (tertiary alicyclic amines) is 1. The summed E-state index contributed by atoms with van der Waals surface area (Å²) >= 11 is 6.09. The molecule has 1 amide bonds. The van der Waals surface area contributed by atoms with Gasteiger partial charge in [-0.25, -0.2) is 0 Å². The molecular formula is C27H35ClN4O. The second kappa shape index (κ2) is 9.75. The molecule has 0 radical (unpaired) electrons. The summed E-state index contributed by atoms with van der Waals surface area (Å²) in [5.74, 6) is 0.235. The van der Waals surface area contributed by atoms with Crippen LogP contribution in [0.1, 0.15) is 36.0 Å². The maximum atomic E-state index is 13.8. The van der Waals surface area contributed by atoms with Crippen LogP contribution in [0.3, 0.4) is 0 Å². The molecule has 0 aliphatic carbocycles. The average Bonchev–Trinajstić information content (AvgIpc) is 3.36. The molecule has 3 aliphatic rings. The quantitative estimate of drug-likeness (QED) is 0.710. The Bertz CT molecular complexity index is 964. The average molecular weight is 467 g/mol. The first-order valence-electron chi connectivity index (χ1n) is 12.3. The van der Waals surface area contributed by atoms with E-state index in [4.69, 9.17) is 11.6 Å².